The van der Waals surface area contributed by atoms with Gasteiger partial charge in [0.15, 0.2) is 0 Å². The largest absolute Gasteiger partial charge is 0.344 e. The molecule has 2 rings (SSSR count). The summed E-state index contributed by atoms with van der Waals surface area (Å²) in [4.78, 5) is 12.2. The number of aryl methyl sites for hydroxylation is 2. The van der Waals surface area contributed by atoms with E-state index in [4.69, 9.17) is 0 Å². The van der Waals surface area contributed by atoms with Crippen molar-refractivity contribution in [3.63, 3.8) is 0 Å². The standard InChI is InChI=1S/C16H21N3O/c1-4-14(13-8-6-12(3)7-9-13)17-16(20)15-10-11-19(5-2)18-15/h6-11,14H,4-5H2,1-3H3,(H,17,20). The van der Waals surface area contributed by atoms with Crippen molar-refractivity contribution in [2.75, 3.05) is 0 Å². The van der Waals surface area contributed by atoms with Crippen molar-refractivity contribution in [3.05, 3.63) is 53.3 Å². The molecule has 0 saturated heterocycles. The molecule has 0 saturated carbocycles. The van der Waals surface area contributed by atoms with Crippen LogP contribution in [-0.2, 0) is 6.54 Å². The van der Waals surface area contributed by atoms with E-state index in [1.165, 1.54) is 5.56 Å². The zero-order valence-electron chi connectivity index (χ0n) is 12.3. The molecular weight excluding hydrogens is 250 g/mol. The maximum Gasteiger partial charge on any atom is 0.272 e. The SMILES string of the molecule is CCC(NC(=O)c1ccn(CC)n1)c1ccc(C)cc1. The van der Waals surface area contributed by atoms with Gasteiger partial charge in [-0.1, -0.05) is 36.8 Å². The Balaban J connectivity index is 2.09. The molecule has 0 aliphatic carbocycles. The van der Waals surface area contributed by atoms with Crippen LogP contribution in [0.1, 0.15) is 47.9 Å². The fourth-order valence-electron chi connectivity index (χ4n) is 2.11. The molecule has 0 fully saturated rings. The van der Waals surface area contributed by atoms with Gasteiger partial charge in [0.2, 0.25) is 0 Å². The maximum atomic E-state index is 12.2. The Labute approximate surface area is 119 Å². The second kappa shape index (κ2) is 6.37. The summed E-state index contributed by atoms with van der Waals surface area (Å²) in [6.07, 6.45) is 2.67. The average Bonchev–Trinajstić information content (AvgIpc) is 2.94. The lowest BCUT2D eigenvalue weighted by Crippen LogP contribution is -2.28. The highest BCUT2D eigenvalue weighted by atomic mass is 16.2. The molecule has 4 nitrogen and oxygen atoms in total. The third-order valence-electron chi connectivity index (χ3n) is 3.39. The normalized spacial score (nSPS) is 12.2. The van der Waals surface area contributed by atoms with Crippen LogP contribution in [0, 0.1) is 6.92 Å². The van der Waals surface area contributed by atoms with Gasteiger partial charge in [-0.05, 0) is 31.9 Å². The lowest BCUT2D eigenvalue weighted by atomic mass is 10.0. The molecule has 1 unspecified atom stereocenters. The highest BCUT2D eigenvalue weighted by molar-refractivity contribution is 5.92. The average molecular weight is 271 g/mol. The molecule has 1 atom stereocenters. The molecular formula is C16H21N3O. The fraction of sp³-hybridized carbons (Fsp3) is 0.375. The molecule has 1 heterocycles. The van der Waals surface area contributed by atoms with Crippen molar-refractivity contribution in [2.24, 2.45) is 0 Å². The van der Waals surface area contributed by atoms with Gasteiger partial charge in [0, 0.05) is 12.7 Å². The topological polar surface area (TPSA) is 46.9 Å². The van der Waals surface area contributed by atoms with E-state index < -0.39 is 0 Å². The number of benzene rings is 1. The number of carbonyl (C=O) groups is 1. The van der Waals surface area contributed by atoms with Gasteiger partial charge in [-0.2, -0.15) is 5.10 Å². The van der Waals surface area contributed by atoms with Crippen molar-refractivity contribution >= 4 is 5.91 Å². The molecule has 1 amide bonds. The van der Waals surface area contributed by atoms with Crippen LogP contribution >= 0.6 is 0 Å². The zero-order chi connectivity index (χ0) is 14.5. The molecule has 0 aliphatic rings. The van der Waals surface area contributed by atoms with E-state index in [1.54, 1.807) is 10.7 Å². The van der Waals surface area contributed by atoms with Crippen molar-refractivity contribution < 1.29 is 4.79 Å². The van der Waals surface area contributed by atoms with Gasteiger partial charge in [0.1, 0.15) is 5.69 Å². The minimum absolute atomic E-state index is 0.0230. The van der Waals surface area contributed by atoms with Crippen LogP contribution in [-0.4, -0.2) is 15.7 Å². The Hall–Kier alpha value is -2.10. The molecule has 0 bridgehead atoms. The monoisotopic (exact) mass is 271 g/mol. The number of nitrogens with zero attached hydrogens (tertiary/aromatic N) is 2. The third kappa shape index (κ3) is 3.26. The number of carbonyl (C=O) groups excluding carboxylic acids is 1. The van der Waals surface area contributed by atoms with E-state index in [1.807, 2.05) is 13.1 Å². The number of nitrogens with one attached hydrogen (secondary N) is 1. The smallest absolute Gasteiger partial charge is 0.272 e. The van der Waals surface area contributed by atoms with Crippen LogP contribution in [0.15, 0.2) is 36.5 Å². The summed E-state index contributed by atoms with van der Waals surface area (Å²) in [5.74, 6) is -0.121. The van der Waals surface area contributed by atoms with Crippen LogP contribution in [0.4, 0.5) is 0 Å². The third-order valence-corrected chi connectivity index (χ3v) is 3.39. The first-order valence-electron chi connectivity index (χ1n) is 7.05. The highest BCUT2D eigenvalue weighted by Crippen LogP contribution is 2.17. The molecule has 0 radical (unpaired) electrons. The van der Waals surface area contributed by atoms with Gasteiger partial charge < -0.3 is 5.32 Å². The van der Waals surface area contributed by atoms with Gasteiger partial charge in [-0.3, -0.25) is 9.48 Å². The van der Waals surface area contributed by atoms with E-state index in [2.05, 4.69) is 48.5 Å². The summed E-state index contributed by atoms with van der Waals surface area (Å²) in [6.45, 7) is 6.88. The van der Waals surface area contributed by atoms with Crippen LogP contribution in [0.25, 0.3) is 0 Å². The summed E-state index contributed by atoms with van der Waals surface area (Å²) in [7, 11) is 0. The van der Waals surface area contributed by atoms with E-state index >= 15 is 0 Å². The number of hydrogen-bond donors (Lipinski definition) is 1. The summed E-state index contributed by atoms with van der Waals surface area (Å²) >= 11 is 0. The van der Waals surface area contributed by atoms with Gasteiger partial charge >= 0.3 is 0 Å². The molecule has 1 N–H and O–H groups in total. The first-order valence-corrected chi connectivity index (χ1v) is 7.05. The first kappa shape index (κ1) is 14.3. The Morgan fingerprint density at radius 1 is 1.25 bits per heavy atom. The molecule has 0 aliphatic heterocycles. The fourth-order valence-corrected chi connectivity index (χ4v) is 2.11. The van der Waals surface area contributed by atoms with Crippen LogP contribution in [0.2, 0.25) is 0 Å². The molecule has 1 aromatic carbocycles. The second-order valence-electron chi connectivity index (χ2n) is 4.90. The second-order valence-corrected chi connectivity index (χ2v) is 4.90. The maximum absolute atomic E-state index is 12.2. The summed E-state index contributed by atoms with van der Waals surface area (Å²) in [5, 5.41) is 7.27. The van der Waals surface area contributed by atoms with Crippen molar-refractivity contribution in [1.29, 1.82) is 0 Å². The number of amides is 1. The lowest BCUT2D eigenvalue weighted by molar-refractivity contribution is 0.0929. The van der Waals surface area contributed by atoms with Crippen molar-refractivity contribution in [3.8, 4) is 0 Å². The summed E-state index contributed by atoms with van der Waals surface area (Å²) in [5.41, 5.74) is 2.82. The van der Waals surface area contributed by atoms with Crippen molar-refractivity contribution in [2.45, 2.75) is 39.8 Å². The van der Waals surface area contributed by atoms with Crippen LogP contribution in [0.3, 0.4) is 0 Å². The van der Waals surface area contributed by atoms with Crippen LogP contribution in [0.5, 0.6) is 0 Å². The molecule has 20 heavy (non-hydrogen) atoms. The molecule has 106 valence electrons. The van der Waals surface area contributed by atoms with E-state index in [-0.39, 0.29) is 11.9 Å². The Bertz CT molecular complexity index is 572. The Morgan fingerprint density at radius 3 is 2.50 bits per heavy atom. The summed E-state index contributed by atoms with van der Waals surface area (Å²) < 4.78 is 1.75. The van der Waals surface area contributed by atoms with E-state index in [9.17, 15) is 4.79 Å². The quantitative estimate of drug-likeness (QED) is 0.908. The number of rotatable bonds is 5. The number of hydrogen-bond acceptors (Lipinski definition) is 2. The molecule has 4 heteroatoms. The summed E-state index contributed by atoms with van der Waals surface area (Å²) in [6, 6.07) is 10.0. The lowest BCUT2D eigenvalue weighted by Gasteiger charge is -2.17. The van der Waals surface area contributed by atoms with Gasteiger partial charge in [-0.15, -0.1) is 0 Å². The predicted octanol–water partition coefficient (Wildman–Crippen LogP) is 3.09. The van der Waals surface area contributed by atoms with E-state index in [0.29, 0.717) is 5.69 Å². The van der Waals surface area contributed by atoms with E-state index in [0.717, 1.165) is 18.5 Å². The highest BCUT2D eigenvalue weighted by Gasteiger charge is 2.15. The zero-order valence-corrected chi connectivity index (χ0v) is 12.3. The molecule has 1 aromatic heterocycles. The van der Waals surface area contributed by atoms with Crippen LogP contribution < -0.4 is 5.32 Å². The van der Waals surface area contributed by atoms with Crippen molar-refractivity contribution in [1.82, 2.24) is 15.1 Å². The minimum Gasteiger partial charge on any atom is -0.344 e. The first-order chi connectivity index (χ1) is 9.63. The Morgan fingerprint density at radius 2 is 1.95 bits per heavy atom. The predicted molar refractivity (Wildman–Crippen MR) is 79.6 cm³/mol. The van der Waals surface area contributed by atoms with Gasteiger partial charge in [-0.25, -0.2) is 0 Å². The molecule has 2 aromatic rings. The van der Waals surface area contributed by atoms with Gasteiger partial charge in [0.25, 0.3) is 5.91 Å². The minimum atomic E-state index is -0.121. The Kier molecular flexibility index (Phi) is 4.56. The van der Waals surface area contributed by atoms with Gasteiger partial charge in [0.05, 0.1) is 6.04 Å². The number of aromatic nitrogens is 2. The molecule has 0 spiro atoms.